The van der Waals surface area contributed by atoms with Crippen LogP contribution in [0.15, 0.2) is 24.3 Å². The molecular weight excluding hydrogens is 356 g/mol. The summed E-state index contributed by atoms with van der Waals surface area (Å²) in [7, 11) is 5.47. The van der Waals surface area contributed by atoms with Gasteiger partial charge in [0.1, 0.15) is 5.75 Å². The van der Waals surface area contributed by atoms with Crippen LogP contribution >= 0.6 is 11.6 Å². The van der Waals surface area contributed by atoms with Crippen LogP contribution in [-0.4, -0.2) is 34.6 Å². The number of likely N-dealkylation sites (N-methyl/N-ethyl adjacent to an activating group) is 1. The molecule has 7 heteroatoms. The van der Waals surface area contributed by atoms with E-state index in [0.29, 0.717) is 10.8 Å². The Bertz CT molecular complexity index is 843. The number of hydrogen-bond acceptors (Lipinski definition) is 5. The van der Waals surface area contributed by atoms with Gasteiger partial charge in [-0.1, -0.05) is 11.6 Å². The summed E-state index contributed by atoms with van der Waals surface area (Å²) in [6.07, 6.45) is 0.912. The van der Waals surface area contributed by atoms with Gasteiger partial charge in [0.15, 0.2) is 17.7 Å². The Morgan fingerprint density at radius 1 is 1.19 bits per heavy atom. The Morgan fingerprint density at radius 2 is 2.04 bits per heavy atom. The zero-order valence-electron chi connectivity index (χ0n) is 15.0. The Hall–Kier alpha value is -2.31. The minimum absolute atomic E-state index is 0.0319. The van der Waals surface area contributed by atoms with Crippen LogP contribution in [-0.2, 0) is 6.42 Å². The van der Waals surface area contributed by atoms with Crippen LogP contribution < -0.4 is 29.2 Å². The average Bonchev–Trinajstić information content (AvgIpc) is 3.10. The number of halogens is 1. The maximum absolute atomic E-state index is 6.20. The number of fused-ring (bicyclic) bond motifs is 2. The van der Waals surface area contributed by atoms with Gasteiger partial charge in [0.2, 0.25) is 12.5 Å². The lowest BCUT2D eigenvalue weighted by Gasteiger charge is -2.34. The third-order valence-corrected chi connectivity index (χ3v) is 5.21. The zero-order chi connectivity index (χ0) is 18.3. The van der Waals surface area contributed by atoms with Crippen LogP contribution in [0.3, 0.4) is 0 Å². The van der Waals surface area contributed by atoms with E-state index >= 15 is 0 Å². The molecule has 2 aliphatic rings. The highest BCUT2D eigenvalue weighted by Crippen LogP contribution is 2.47. The van der Waals surface area contributed by atoms with Crippen LogP contribution in [0.25, 0.3) is 0 Å². The van der Waals surface area contributed by atoms with Gasteiger partial charge >= 0.3 is 0 Å². The highest BCUT2D eigenvalue weighted by Gasteiger charge is 2.36. The van der Waals surface area contributed by atoms with E-state index in [4.69, 9.17) is 30.5 Å². The summed E-state index contributed by atoms with van der Waals surface area (Å²) in [5.74, 6) is 2.90. The van der Waals surface area contributed by atoms with E-state index in [1.807, 2.05) is 18.2 Å². The quantitative estimate of drug-likeness (QED) is 0.856. The van der Waals surface area contributed by atoms with Crippen LogP contribution in [0, 0.1) is 0 Å². The van der Waals surface area contributed by atoms with E-state index in [-0.39, 0.29) is 13.0 Å². The molecule has 0 bridgehead atoms. The molecule has 4 rings (SSSR count). The molecule has 138 valence electrons. The number of hydrogen-bond donors (Lipinski definition) is 2. The van der Waals surface area contributed by atoms with Crippen LogP contribution in [0.5, 0.6) is 23.0 Å². The van der Waals surface area contributed by atoms with Gasteiger partial charge in [0.25, 0.3) is 0 Å². The van der Waals surface area contributed by atoms with Gasteiger partial charge in [-0.3, -0.25) is 0 Å². The van der Waals surface area contributed by atoms with Crippen molar-refractivity contribution in [1.29, 1.82) is 0 Å². The Morgan fingerprint density at radius 3 is 2.81 bits per heavy atom. The summed E-state index contributed by atoms with van der Waals surface area (Å²) in [6.45, 7) is 1.20. The van der Waals surface area contributed by atoms with Crippen LogP contribution in [0.1, 0.15) is 17.3 Å². The van der Waals surface area contributed by atoms with Crippen molar-refractivity contribution in [2.75, 3.05) is 39.9 Å². The van der Waals surface area contributed by atoms with Gasteiger partial charge in [0.05, 0.1) is 39.1 Å². The standard InChI is InChI=1S/C19H21ClN2O4/c1-22-7-6-11-8-15-17(26-10-25-15)18(24-3)16(11)19(22)21-13-9-12(20)4-5-14(13)23-2/h4-5,8-9,19,21H,6-7,10H2,1-3H3/p+1/t19-/m0/s1. The van der Waals surface area contributed by atoms with Crippen molar-refractivity contribution in [1.82, 2.24) is 0 Å². The lowest BCUT2D eigenvalue weighted by Crippen LogP contribution is -3.11. The molecule has 26 heavy (non-hydrogen) atoms. The third kappa shape index (κ3) is 2.79. The number of nitrogens with one attached hydrogen (secondary N) is 2. The van der Waals surface area contributed by atoms with Crippen molar-refractivity contribution in [3.8, 4) is 23.0 Å². The van der Waals surface area contributed by atoms with Crippen molar-refractivity contribution < 1.29 is 23.8 Å². The van der Waals surface area contributed by atoms with E-state index in [9.17, 15) is 0 Å². The summed E-state index contributed by atoms with van der Waals surface area (Å²) in [5.41, 5.74) is 3.13. The largest absolute Gasteiger partial charge is 0.495 e. The molecule has 0 amide bonds. The first kappa shape index (κ1) is 17.1. The van der Waals surface area contributed by atoms with E-state index in [1.165, 1.54) is 10.5 Å². The van der Waals surface area contributed by atoms with Crippen molar-refractivity contribution >= 4 is 17.3 Å². The number of anilines is 1. The predicted octanol–water partition coefficient (Wildman–Crippen LogP) is 2.27. The van der Waals surface area contributed by atoms with Gasteiger partial charge in [-0.05, 0) is 29.8 Å². The van der Waals surface area contributed by atoms with Crippen molar-refractivity contribution in [3.05, 3.63) is 40.4 Å². The second-order valence-electron chi connectivity index (χ2n) is 6.48. The minimum atomic E-state index is -0.0319. The first-order chi connectivity index (χ1) is 12.6. The topological polar surface area (TPSA) is 53.4 Å². The number of quaternary nitrogens is 1. The molecule has 2 atom stereocenters. The molecular formula is C19H22ClN2O4+. The van der Waals surface area contributed by atoms with Crippen molar-refractivity contribution in [2.45, 2.75) is 12.6 Å². The molecule has 2 aromatic carbocycles. The molecule has 0 saturated carbocycles. The lowest BCUT2D eigenvalue weighted by molar-refractivity contribution is -0.910. The maximum atomic E-state index is 6.20. The molecule has 0 saturated heterocycles. The summed E-state index contributed by atoms with van der Waals surface area (Å²) < 4.78 is 22.5. The zero-order valence-corrected chi connectivity index (χ0v) is 15.8. The first-order valence-corrected chi connectivity index (χ1v) is 8.92. The summed E-state index contributed by atoms with van der Waals surface area (Å²) in [4.78, 5) is 1.32. The lowest BCUT2D eigenvalue weighted by atomic mass is 9.94. The molecule has 0 fully saturated rings. The van der Waals surface area contributed by atoms with Crippen molar-refractivity contribution in [2.24, 2.45) is 0 Å². The molecule has 2 aromatic rings. The fraction of sp³-hybridized carbons (Fsp3) is 0.368. The molecule has 1 unspecified atom stereocenters. The first-order valence-electron chi connectivity index (χ1n) is 8.54. The van der Waals surface area contributed by atoms with Gasteiger partial charge in [-0.15, -0.1) is 0 Å². The smallest absolute Gasteiger partial charge is 0.231 e. The molecule has 2 heterocycles. The second kappa shape index (κ2) is 6.78. The maximum Gasteiger partial charge on any atom is 0.231 e. The number of benzene rings is 2. The molecule has 0 aromatic heterocycles. The summed E-state index contributed by atoms with van der Waals surface area (Å²) in [5, 5.41) is 4.24. The van der Waals surface area contributed by atoms with E-state index in [1.54, 1.807) is 14.2 Å². The summed E-state index contributed by atoms with van der Waals surface area (Å²) in [6, 6.07) is 7.62. The van der Waals surface area contributed by atoms with Gasteiger partial charge in [0, 0.05) is 11.4 Å². The normalized spacial score (nSPS) is 20.5. The Balaban J connectivity index is 1.81. The minimum Gasteiger partial charge on any atom is -0.495 e. The Kier molecular flexibility index (Phi) is 4.46. The van der Waals surface area contributed by atoms with Crippen molar-refractivity contribution in [3.63, 3.8) is 0 Å². The molecule has 0 radical (unpaired) electrons. The number of ether oxygens (including phenoxy) is 4. The number of rotatable bonds is 4. The van der Waals surface area contributed by atoms with Gasteiger partial charge in [-0.25, -0.2) is 0 Å². The summed E-state index contributed by atoms with van der Waals surface area (Å²) >= 11 is 6.20. The molecule has 0 spiro atoms. The SMILES string of the molecule is COc1ccc(Cl)cc1N[C@@H]1c2c(cc3c(c2OC)OCO3)CC[NH+]1C. The molecule has 2 aliphatic heterocycles. The average molecular weight is 378 g/mol. The fourth-order valence-corrected chi connectivity index (χ4v) is 3.84. The van der Waals surface area contributed by atoms with E-state index in [0.717, 1.165) is 41.5 Å². The third-order valence-electron chi connectivity index (χ3n) is 4.98. The highest BCUT2D eigenvalue weighted by atomic mass is 35.5. The monoisotopic (exact) mass is 377 g/mol. The highest BCUT2D eigenvalue weighted by molar-refractivity contribution is 6.30. The van der Waals surface area contributed by atoms with Crippen LogP contribution in [0.4, 0.5) is 5.69 Å². The molecule has 6 nitrogen and oxygen atoms in total. The van der Waals surface area contributed by atoms with Gasteiger partial charge in [-0.2, -0.15) is 0 Å². The second-order valence-corrected chi connectivity index (χ2v) is 6.92. The van der Waals surface area contributed by atoms with Gasteiger partial charge < -0.3 is 29.2 Å². The predicted molar refractivity (Wildman–Crippen MR) is 98.9 cm³/mol. The van der Waals surface area contributed by atoms with E-state index < -0.39 is 0 Å². The fourth-order valence-electron chi connectivity index (χ4n) is 3.67. The molecule has 2 N–H and O–H groups in total. The van der Waals surface area contributed by atoms with Crippen LogP contribution in [0.2, 0.25) is 5.02 Å². The molecule has 0 aliphatic carbocycles. The number of methoxy groups -OCH3 is 2. The Labute approximate surface area is 157 Å². The van der Waals surface area contributed by atoms with E-state index in [2.05, 4.69) is 18.4 Å².